The minimum atomic E-state index is -0.237. The van der Waals surface area contributed by atoms with Crippen LogP contribution in [0.1, 0.15) is 48.1 Å². The number of benzene rings is 3. The minimum absolute atomic E-state index is 0.0596. The zero-order valence-electron chi connectivity index (χ0n) is 19.6. The van der Waals surface area contributed by atoms with Crippen LogP contribution in [0.3, 0.4) is 0 Å². The van der Waals surface area contributed by atoms with Crippen LogP contribution in [0, 0.1) is 13.8 Å². The molecule has 1 aromatic heterocycles. The van der Waals surface area contributed by atoms with Crippen LogP contribution in [0.5, 0.6) is 0 Å². The molecule has 0 radical (unpaired) electrons. The lowest BCUT2D eigenvalue weighted by atomic mass is 9.90. The summed E-state index contributed by atoms with van der Waals surface area (Å²) in [4.78, 5) is 29.4. The molecule has 3 aromatic carbocycles. The van der Waals surface area contributed by atoms with Crippen LogP contribution in [-0.2, 0) is 4.79 Å². The lowest BCUT2D eigenvalue weighted by Crippen LogP contribution is -2.26. The summed E-state index contributed by atoms with van der Waals surface area (Å²) in [5, 5.41) is 7.29. The van der Waals surface area contributed by atoms with Crippen molar-refractivity contribution in [1.29, 1.82) is 0 Å². The molecular weight excluding hydrogens is 422 g/mol. The molecule has 5 rings (SSSR count). The van der Waals surface area contributed by atoms with Crippen molar-refractivity contribution in [2.75, 3.05) is 0 Å². The van der Waals surface area contributed by atoms with Gasteiger partial charge >= 0.3 is 0 Å². The number of aromatic amines is 1. The zero-order chi connectivity index (χ0) is 23.8. The second kappa shape index (κ2) is 8.75. The number of para-hydroxylation sites is 1. The van der Waals surface area contributed by atoms with Crippen molar-refractivity contribution < 1.29 is 4.79 Å². The first-order chi connectivity index (χ1) is 16.5. The van der Waals surface area contributed by atoms with Gasteiger partial charge in [0, 0.05) is 29.3 Å². The molecule has 2 heterocycles. The van der Waals surface area contributed by atoms with Gasteiger partial charge in [0.15, 0.2) is 0 Å². The summed E-state index contributed by atoms with van der Waals surface area (Å²) in [6, 6.07) is 23.9. The van der Waals surface area contributed by atoms with Gasteiger partial charge < -0.3 is 4.98 Å². The number of pyridine rings is 1. The van der Waals surface area contributed by atoms with E-state index in [4.69, 9.17) is 5.10 Å². The maximum Gasteiger partial charge on any atom is 0.258 e. The summed E-state index contributed by atoms with van der Waals surface area (Å²) < 4.78 is 0. The Hall–Kier alpha value is -3.99. The predicted octanol–water partition coefficient (Wildman–Crippen LogP) is 5.90. The van der Waals surface area contributed by atoms with Crippen molar-refractivity contribution in [3.8, 4) is 11.1 Å². The Morgan fingerprint density at radius 1 is 0.971 bits per heavy atom. The van der Waals surface area contributed by atoms with Crippen LogP contribution in [-0.4, -0.2) is 21.6 Å². The van der Waals surface area contributed by atoms with Gasteiger partial charge in [0.1, 0.15) is 0 Å². The van der Waals surface area contributed by atoms with Crippen LogP contribution >= 0.6 is 0 Å². The molecule has 1 atom stereocenters. The largest absolute Gasteiger partial charge is 0.321 e. The average Bonchev–Trinajstić information content (AvgIpc) is 3.28. The van der Waals surface area contributed by atoms with E-state index in [0.717, 1.165) is 38.7 Å². The van der Waals surface area contributed by atoms with Gasteiger partial charge in [-0.3, -0.25) is 9.59 Å². The fourth-order valence-electron chi connectivity index (χ4n) is 4.73. The Balaban J connectivity index is 1.73. The molecule has 34 heavy (non-hydrogen) atoms. The van der Waals surface area contributed by atoms with Gasteiger partial charge in [0.05, 0.1) is 17.3 Å². The van der Waals surface area contributed by atoms with Gasteiger partial charge in [-0.1, -0.05) is 84.8 Å². The molecule has 0 saturated carbocycles. The summed E-state index contributed by atoms with van der Waals surface area (Å²) >= 11 is 0. The number of aromatic nitrogens is 1. The van der Waals surface area contributed by atoms with Crippen LogP contribution < -0.4 is 5.56 Å². The summed E-state index contributed by atoms with van der Waals surface area (Å²) in [6.07, 6.45) is 0.827. The highest BCUT2D eigenvalue weighted by atomic mass is 16.2. The summed E-state index contributed by atoms with van der Waals surface area (Å²) in [7, 11) is 0. The van der Waals surface area contributed by atoms with Crippen molar-refractivity contribution >= 4 is 22.5 Å². The van der Waals surface area contributed by atoms with Crippen molar-refractivity contribution in [1.82, 2.24) is 9.99 Å². The third-order valence-corrected chi connectivity index (χ3v) is 6.45. The van der Waals surface area contributed by atoms with Gasteiger partial charge in [-0.05, 0) is 31.0 Å². The number of nitrogens with one attached hydrogen (secondary N) is 1. The first-order valence-electron chi connectivity index (χ1n) is 11.6. The summed E-state index contributed by atoms with van der Waals surface area (Å²) in [5.74, 6) is -0.0596. The maximum absolute atomic E-state index is 13.5. The third-order valence-electron chi connectivity index (χ3n) is 6.45. The number of fused-ring (bicyclic) bond motifs is 1. The van der Waals surface area contributed by atoms with E-state index in [9.17, 15) is 9.59 Å². The van der Waals surface area contributed by atoms with Crippen LogP contribution in [0.15, 0.2) is 82.7 Å². The number of carbonyl (C=O) groups is 1. The highest BCUT2D eigenvalue weighted by Crippen LogP contribution is 2.37. The van der Waals surface area contributed by atoms with Crippen molar-refractivity contribution in [3.63, 3.8) is 0 Å². The first-order valence-corrected chi connectivity index (χ1v) is 11.6. The summed E-state index contributed by atoms with van der Waals surface area (Å²) in [5.41, 5.74) is 6.86. The Bertz CT molecular complexity index is 1480. The maximum atomic E-state index is 13.5. The normalized spacial score (nSPS) is 15.6. The molecule has 170 valence electrons. The molecular formula is C29H27N3O2. The minimum Gasteiger partial charge on any atom is -0.321 e. The van der Waals surface area contributed by atoms with E-state index in [1.54, 1.807) is 5.01 Å². The number of hydrogen-bond acceptors (Lipinski definition) is 3. The molecule has 1 aliphatic heterocycles. The fraction of sp³-hybridized carbons (Fsp3) is 0.207. The van der Waals surface area contributed by atoms with E-state index in [2.05, 4.69) is 11.1 Å². The molecule has 0 saturated heterocycles. The number of hydrogen-bond donors (Lipinski definition) is 1. The van der Waals surface area contributed by atoms with Crippen molar-refractivity contribution in [2.45, 2.75) is 39.7 Å². The Kier molecular flexibility index (Phi) is 5.62. The molecule has 1 amide bonds. The number of nitrogens with zero attached hydrogens (tertiary/aromatic N) is 2. The smallest absolute Gasteiger partial charge is 0.258 e. The quantitative estimate of drug-likeness (QED) is 0.422. The van der Waals surface area contributed by atoms with E-state index >= 15 is 0 Å². The molecule has 0 spiro atoms. The highest BCUT2D eigenvalue weighted by Gasteiger charge is 2.34. The third kappa shape index (κ3) is 3.83. The van der Waals surface area contributed by atoms with E-state index in [1.807, 2.05) is 87.5 Å². The Labute approximate surface area is 198 Å². The molecule has 5 heteroatoms. The predicted molar refractivity (Wildman–Crippen MR) is 137 cm³/mol. The van der Waals surface area contributed by atoms with Crippen molar-refractivity contribution in [3.05, 3.63) is 105 Å². The SMILES string of the molecule is CCC(=O)N1N=C(c2c(-c3ccc(C)cc3)c3ccccc3[nH]c2=O)C[C@@H]1c1cccc(C)c1. The van der Waals surface area contributed by atoms with Gasteiger partial charge in [0.2, 0.25) is 5.91 Å². The monoisotopic (exact) mass is 449 g/mol. The van der Waals surface area contributed by atoms with E-state index in [-0.39, 0.29) is 17.5 Å². The number of amides is 1. The summed E-state index contributed by atoms with van der Waals surface area (Å²) in [6.45, 7) is 5.92. The highest BCUT2D eigenvalue weighted by molar-refractivity contribution is 6.12. The number of rotatable bonds is 4. The van der Waals surface area contributed by atoms with E-state index in [1.165, 1.54) is 0 Å². The fourth-order valence-corrected chi connectivity index (χ4v) is 4.73. The molecule has 5 nitrogen and oxygen atoms in total. The zero-order valence-corrected chi connectivity index (χ0v) is 19.6. The van der Waals surface area contributed by atoms with Crippen LogP contribution in [0.25, 0.3) is 22.0 Å². The van der Waals surface area contributed by atoms with Gasteiger partial charge in [-0.25, -0.2) is 5.01 Å². The average molecular weight is 450 g/mol. The molecule has 1 N–H and O–H groups in total. The number of carbonyl (C=O) groups excluding carboxylic acids is 1. The lowest BCUT2D eigenvalue weighted by Gasteiger charge is -2.21. The number of hydrazone groups is 1. The van der Waals surface area contributed by atoms with Gasteiger partial charge in [0.25, 0.3) is 5.56 Å². The lowest BCUT2D eigenvalue weighted by molar-refractivity contribution is -0.132. The standard InChI is InChI=1S/C29H27N3O2/c1-4-26(33)32-25(21-9-7-8-19(3)16-21)17-24(31-32)28-27(20-14-12-18(2)13-15-20)22-10-5-6-11-23(22)30-29(28)34/h5-16,25H,4,17H2,1-3H3,(H,30,34)/t25-/m1/s1. The second-order valence-corrected chi connectivity index (χ2v) is 8.89. The van der Waals surface area contributed by atoms with Crippen LogP contribution in [0.4, 0.5) is 0 Å². The number of H-pyrrole nitrogens is 1. The van der Waals surface area contributed by atoms with Crippen LogP contribution in [0.2, 0.25) is 0 Å². The Morgan fingerprint density at radius 3 is 2.47 bits per heavy atom. The second-order valence-electron chi connectivity index (χ2n) is 8.89. The molecule has 1 aliphatic rings. The van der Waals surface area contributed by atoms with Gasteiger partial charge in [-0.15, -0.1) is 0 Å². The van der Waals surface area contributed by atoms with E-state index < -0.39 is 0 Å². The number of aryl methyl sites for hydroxylation is 2. The molecule has 0 fully saturated rings. The van der Waals surface area contributed by atoms with E-state index in [0.29, 0.717) is 24.1 Å². The Morgan fingerprint density at radius 2 is 1.74 bits per heavy atom. The van der Waals surface area contributed by atoms with Crippen molar-refractivity contribution in [2.24, 2.45) is 5.10 Å². The molecule has 4 aromatic rings. The van der Waals surface area contributed by atoms with Gasteiger partial charge in [-0.2, -0.15) is 5.10 Å². The topological polar surface area (TPSA) is 65.5 Å². The molecule has 0 unspecified atom stereocenters. The first kappa shape index (κ1) is 21.8. The molecule has 0 bridgehead atoms. The molecule has 0 aliphatic carbocycles.